The zero-order valence-corrected chi connectivity index (χ0v) is 12.9. The van der Waals surface area contributed by atoms with E-state index >= 15 is 0 Å². The number of carboxylic acid groups (broad SMARTS) is 1. The number of carbonyl (C=O) groups is 1. The molecular weight excluding hydrogens is 300 g/mol. The van der Waals surface area contributed by atoms with Crippen molar-refractivity contribution in [3.63, 3.8) is 0 Å². The molecule has 23 heavy (non-hydrogen) atoms. The lowest BCUT2D eigenvalue weighted by atomic mass is 10.2. The van der Waals surface area contributed by atoms with Gasteiger partial charge in [0.1, 0.15) is 17.1 Å². The lowest BCUT2D eigenvalue weighted by molar-refractivity contribution is 0.0200. The van der Waals surface area contributed by atoms with Crippen molar-refractivity contribution in [1.82, 2.24) is 0 Å². The largest absolute Gasteiger partial charge is 0.504 e. The first-order chi connectivity index (χ1) is 11.0. The zero-order valence-electron chi connectivity index (χ0n) is 12.9. The zero-order chi connectivity index (χ0) is 16.8. The molecule has 0 aliphatic rings. The first kappa shape index (κ1) is 16.5. The number of hydrogen-bond acceptors (Lipinski definition) is 5. The van der Waals surface area contributed by atoms with Crippen LogP contribution in [0.25, 0.3) is 0 Å². The number of ether oxygens (including phenoxy) is 3. The molecule has 0 aliphatic heterocycles. The number of benzene rings is 2. The average Bonchev–Trinajstić information content (AvgIpc) is 2.51. The Balaban J connectivity index is 2.03. The fraction of sp³-hybridized carbons (Fsp3) is 0.235. The van der Waals surface area contributed by atoms with Gasteiger partial charge in [-0.05, 0) is 43.3 Å². The van der Waals surface area contributed by atoms with Gasteiger partial charge in [0, 0.05) is 6.92 Å². The van der Waals surface area contributed by atoms with Gasteiger partial charge in [-0.2, -0.15) is 0 Å². The molecule has 1 atom stereocenters. The predicted molar refractivity (Wildman–Crippen MR) is 83.4 cm³/mol. The maximum atomic E-state index is 11.0. The van der Waals surface area contributed by atoms with Crippen LogP contribution >= 0.6 is 0 Å². The molecule has 0 saturated heterocycles. The third-order valence-electron chi connectivity index (χ3n) is 2.96. The molecule has 2 N–H and O–H groups in total. The Hall–Kier alpha value is -2.89. The fourth-order valence-electron chi connectivity index (χ4n) is 1.97. The number of phenols is 1. The number of aromatic hydroxyl groups is 1. The standard InChI is InChI=1S/C17H18O6/c1-3-21-12-7-9-13(10-8-12)22-11(2)23-15-6-4-5-14(16(15)18)17(19)20/h4-11,18H,3H2,1-2H3,(H,19,20). The predicted octanol–water partition coefficient (Wildman–Crippen LogP) is 3.29. The van der Waals surface area contributed by atoms with Crippen molar-refractivity contribution in [3.8, 4) is 23.0 Å². The molecule has 1 unspecified atom stereocenters. The molecule has 2 aromatic rings. The van der Waals surface area contributed by atoms with E-state index in [0.717, 1.165) is 5.75 Å². The van der Waals surface area contributed by atoms with Crippen molar-refractivity contribution < 1.29 is 29.2 Å². The smallest absolute Gasteiger partial charge is 0.339 e. The van der Waals surface area contributed by atoms with Gasteiger partial charge >= 0.3 is 5.97 Å². The van der Waals surface area contributed by atoms with Gasteiger partial charge in [-0.3, -0.25) is 0 Å². The van der Waals surface area contributed by atoms with Crippen LogP contribution in [-0.4, -0.2) is 29.1 Å². The average molecular weight is 318 g/mol. The second-order valence-corrected chi connectivity index (χ2v) is 4.67. The highest BCUT2D eigenvalue weighted by Crippen LogP contribution is 2.31. The van der Waals surface area contributed by atoms with Crippen LogP contribution in [0.4, 0.5) is 0 Å². The number of hydrogen-bond donors (Lipinski definition) is 2. The van der Waals surface area contributed by atoms with E-state index in [1.54, 1.807) is 31.2 Å². The minimum absolute atomic E-state index is 0.0448. The topological polar surface area (TPSA) is 85.2 Å². The first-order valence-electron chi connectivity index (χ1n) is 7.12. The Kier molecular flexibility index (Phi) is 5.30. The number of para-hydroxylation sites is 1. The molecule has 0 saturated carbocycles. The Morgan fingerprint density at radius 1 is 1.09 bits per heavy atom. The Morgan fingerprint density at radius 2 is 1.74 bits per heavy atom. The molecule has 0 aromatic heterocycles. The molecular formula is C17H18O6. The van der Waals surface area contributed by atoms with Crippen LogP contribution in [0.2, 0.25) is 0 Å². The monoisotopic (exact) mass is 318 g/mol. The molecule has 0 fully saturated rings. The van der Waals surface area contributed by atoms with E-state index in [4.69, 9.17) is 19.3 Å². The maximum Gasteiger partial charge on any atom is 0.339 e. The van der Waals surface area contributed by atoms with Crippen molar-refractivity contribution in [3.05, 3.63) is 48.0 Å². The van der Waals surface area contributed by atoms with Gasteiger partial charge < -0.3 is 24.4 Å². The van der Waals surface area contributed by atoms with E-state index in [1.807, 2.05) is 6.92 Å². The molecule has 2 rings (SSSR count). The minimum Gasteiger partial charge on any atom is -0.504 e. The SMILES string of the molecule is CCOc1ccc(OC(C)Oc2cccc(C(=O)O)c2O)cc1. The molecule has 2 aromatic carbocycles. The second-order valence-electron chi connectivity index (χ2n) is 4.67. The van der Waals surface area contributed by atoms with Gasteiger partial charge in [0.2, 0.25) is 6.29 Å². The quantitative estimate of drug-likeness (QED) is 0.762. The second kappa shape index (κ2) is 7.40. The molecule has 0 amide bonds. The summed E-state index contributed by atoms with van der Waals surface area (Å²) in [5.41, 5.74) is -0.226. The molecule has 0 radical (unpaired) electrons. The van der Waals surface area contributed by atoms with E-state index < -0.39 is 18.0 Å². The highest BCUT2D eigenvalue weighted by molar-refractivity contribution is 5.91. The summed E-state index contributed by atoms with van der Waals surface area (Å²) in [6.07, 6.45) is -0.720. The number of rotatable bonds is 7. The van der Waals surface area contributed by atoms with Crippen LogP contribution < -0.4 is 14.2 Å². The summed E-state index contributed by atoms with van der Waals surface area (Å²) in [6.45, 7) is 4.13. The van der Waals surface area contributed by atoms with Crippen molar-refractivity contribution >= 4 is 5.97 Å². The van der Waals surface area contributed by atoms with Crippen LogP contribution in [0.5, 0.6) is 23.0 Å². The normalized spacial score (nSPS) is 11.6. The van der Waals surface area contributed by atoms with Gasteiger partial charge in [0.05, 0.1) is 6.61 Å². The van der Waals surface area contributed by atoms with E-state index in [0.29, 0.717) is 12.4 Å². The third-order valence-corrected chi connectivity index (χ3v) is 2.96. The Morgan fingerprint density at radius 3 is 2.35 bits per heavy atom. The summed E-state index contributed by atoms with van der Waals surface area (Å²) in [5, 5.41) is 18.9. The van der Waals surface area contributed by atoms with E-state index in [-0.39, 0.29) is 11.3 Å². The van der Waals surface area contributed by atoms with Crippen molar-refractivity contribution in [2.75, 3.05) is 6.61 Å². The highest BCUT2D eigenvalue weighted by Gasteiger charge is 2.16. The highest BCUT2D eigenvalue weighted by atomic mass is 16.7. The summed E-state index contributed by atoms with van der Waals surface area (Å²) in [5.74, 6) is -0.312. The summed E-state index contributed by atoms with van der Waals surface area (Å²) in [4.78, 5) is 11.0. The Labute approximate surface area is 133 Å². The lowest BCUT2D eigenvalue weighted by Crippen LogP contribution is -2.19. The molecule has 0 aliphatic carbocycles. The molecule has 6 nitrogen and oxygen atoms in total. The summed E-state index contributed by atoms with van der Waals surface area (Å²) < 4.78 is 16.4. The molecule has 0 heterocycles. The van der Waals surface area contributed by atoms with Crippen LogP contribution in [0, 0.1) is 0 Å². The maximum absolute atomic E-state index is 11.0. The number of aromatic carboxylic acids is 1. The molecule has 0 bridgehead atoms. The van der Waals surface area contributed by atoms with Gasteiger partial charge in [0.15, 0.2) is 11.5 Å². The lowest BCUT2D eigenvalue weighted by Gasteiger charge is -2.18. The van der Waals surface area contributed by atoms with Crippen LogP contribution in [0.15, 0.2) is 42.5 Å². The molecule has 0 spiro atoms. The van der Waals surface area contributed by atoms with E-state index in [2.05, 4.69) is 0 Å². The van der Waals surface area contributed by atoms with E-state index in [9.17, 15) is 9.90 Å². The van der Waals surface area contributed by atoms with Crippen molar-refractivity contribution in [2.24, 2.45) is 0 Å². The summed E-state index contributed by atoms with van der Waals surface area (Å²) in [7, 11) is 0. The van der Waals surface area contributed by atoms with Crippen LogP contribution in [-0.2, 0) is 0 Å². The van der Waals surface area contributed by atoms with Gasteiger partial charge in [0.25, 0.3) is 0 Å². The van der Waals surface area contributed by atoms with Crippen molar-refractivity contribution in [1.29, 1.82) is 0 Å². The van der Waals surface area contributed by atoms with E-state index in [1.165, 1.54) is 18.2 Å². The summed E-state index contributed by atoms with van der Waals surface area (Å²) >= 11 is 0. The van der Waals surface area contributed by atoms with Gasteiger partial charge in [-0.1, -0.05) is 6.07 Å². The van der Waals surface area contributed by atoms with Crippen molar-refractivity contribution in [2.45, 2.75) is 20.1 Å². The van der Waals surface area contributed by atoms with Gasteiger partial charge in [-0.15, -0.1) is 0 Å². The first-order valence-corrected chi connectivity index (χ1v) is 7.12. The minimum atomic E-state index is -1.23. The fourth-order valence-corrected chi connectivity index (χ4v) is 1.97. The van der Waals surface area contributed by atoms with Crippen LogP contribution in [0.1, 0.15) is 24.2 Å². The Bertz CT molecular complexity index is 665. The van der Waals surface area contributed by atoms with Gasteiger partial charge in [-0.25, -0.2) is 4.79 Å². The molecule has 122 valence electrons. The number of carboxylic acids is 1. The molecule has 6 heteroatoms. The third kappa shape index (κ3) is 4.29. The van der Waals surface area contributed by atoms with Crippen LogP contribution in [0.3, 0.4) is 0 Å². The summed E-state index contributed by atoms with van der Waals surface area (Å²) in [6, 6.07) is 11.3.